The Kier molecular flexibility index (Phi) is 18.4. The molecule has 2 atom stereocenters. The van der Waals surface area contributed by atoms with Crippen LogP contribution < -0.4 is 0 Å². The van der Waals surface area contributed by atoms with Gasteiger partial charge in [0.05, 0.1) is 27.7 Å². The molecule has 1 N–H and O–H groups in total. The Morgan fingerprint density at radius 2 is 1.53 bits per heavy atom. The quantitative estimate of drug-likeness (QED) is 0.0485. The summed E-state index contributed by atoms with van der Waals surface area (Å²) in [5.41, 5.74) is 0. The van der Waals surface area contributed by atoms with Crippen molar-refractivity contribution in [2.45, 2.75) is 83.9 Å². The molecule has 0 aromatic heterocycles. The second kappa shape index (κ2) is 18.7. The Labute approximate surface area is 222 Å². The van der Waals surface area contributed by atoms with Crippen molar-refractivity contribution in [3.05, 3.63) is 0 Å². The summed E-state index contributed by atoms with van der Waals surface area (Å²) in [6, 6.07) is 0. The number of hydrogen-bond donors (Lipinski definition) is 1. The number of halogens is 1. The molecule has 13 heteroatoms. The fourth-order valence-electron chi connectivity index (χ4n) is 2.82. The summed E-state index contributed by atoms with van der Waals surface area (Å²) in [7, 11) is -0.607. The maximum atomic E-state index is 12.3. The van der Waals surface area contributed by atoms with E-state index in [1.165, 1.54) is 0 Å². The highest BCUT2D eigenvalue weighted by Crippen LogP contribution is 2.43. The Balaban J connectivity index is 4.59. The predicted molar refractivity (Wildman–Crippen MR) is 142 cm³/mol. The maximum absolute atomic E-state index is 12.3. The number of ether oxygens (including phenoxy) is 2. The first-order valence-corrected chi connectivity index (χ1v) is 18.2. The van der Waals surface area contributed by atoms with Crippen LogP contribution in [0.5, 0.6) is 0 Å². The number of rotatable bonds is 22. The first-order chi connectivity index (χ1) is 16.6. The molecule has 0 aromatic carbocycles. The maximum Gasteiger partial charge on any atom is 0.472 e. The summed E-state index contributed by atoms with van der Waals surface area (Å²) in [6.45, 7) is 6.30. The molecule has 214 valence electrons. The zero-order chi connectivity index (χ0) is 27.7. The van der Waals surface area contributed by atoms with Gasteiger partial charge in [-0.2, -0.15) is 0 Å². The highest BCUT2D eigenvalue weighted by atomic mass is 35.6. The smallest absolute Gasteiger partial charge is 0.462 e. The van der Waals surface area contributed by atoms with Gasteiger partial charge in [0.15, 0.2) is 6.10 Å². The van der Waals surface area contributed by atoms with Crippen LogP contribution in [0.2, 0.25) is 13.1 Å². The van der Waals surface area contributed by atoms with E-state index in [1.54, 1.807) is 0 Å². The minimum atomic E-state index is -4.35. The van der Waals surface area contributed by atoms with E-state index in [1.807, 2.05) is 41.2 Å². The number of phosphoric ester groups is 1. The molecule has 0 rings (SSSR count). The molecule has 0 aliphatic heterocycles. The summed E-state index contributed by atoms with van der Waals surface area (Å²) in [6.07, 6.45) is 5.21. The van der Waals surface area contributed by atoms with E-state index < -0.39 is 40.1 Å². The summed E-state index contributed by atoms with van der Waals surface area (Å²) < 4.78 is 38.9. The lowest BCUT2D eigenvalue weighted by Gasteiger charge is -2.24. The molecule has 0 aliphatic rings. The van der Waals surface area contributed by atoms with Crippen LogP contribution in [0.1, 0.15) is 64.7 Å². The van der Waals surface area contributed by atoms with Gasteiger partial charge in [0.1, 0.15) is 19.8 Å². The number of carbonyl (C=O) groups excluding carboxylic acids is 2. The van der Waals surface area contributed by atoms with E-state index in [9.17, 15) is 19.0 Å². The van der Waals surface area contributed by atoms with Crippen LogP contribution in [0.4, 0.5) is 0 Å². The number of phosphoric acid groups is 1. The molecule has 0 saturated heterocycles. The molecule has 2 unspecified atom stereocenters. The largest absolute Gasteiger partial charge is 0.472 e. The molecule has 0 aromatic rings. The molecule has 0 spiro atoms. The lowest BCUT2D eigenvalue weighted by molar-refractivity contribution is -0.870. The van der Waals surface area contributed by atoms with Gasteiger partial charge >= 0.3 is 19.8 Å². The van der Waals surface area contributed by atoms with Crippen molar-refractivity contribution < 1.29 is 46.5 Å². The van der Waals surface area contributed by atoms with Gasteiger partial charge in [-0.15, -0.1) is 11.1 Å². The number of likely N-dealkylation sites (N-methyl/N-ethyl adjacent to an activating group) is 1. The van der Waals surface area contributed by atoms with E-state index in [4.69, 9.17) is 34.0 Å². The van der Waals surface area contributed by atoms with Gasteiger partial charge in [-0.05, 0) is 32.4 Å². The molecule has 0 radical (unpaired) electrons. The minimum absolute atomic E-state index is 0.0176. The number of carbonyl (C=O) groups is 2. The average Bonchev–Trinajstić information content (AvgIpc) is 2.73. The second-order valence-corrected chi connectivity index (χ2v) is 17.4. The van der Waals surface area contributed by atoms with Gasteiger partial charge < -0.3 is 23.3 Å². The molecule has 0 bridgehead atoms. The molecule has 0 saturated carbocycles. The zero-order valence-electron chi connectivity index (χ0n) is 23.0. The van der Waals surface area contributed by atoms with Crippen molar-refractivity contribution in [1.82, 2.24) is 0 Å². The Hall–Kier alpha value is -0.523. The predicted octanol–water partition coefficient (Wildman–Crippen LogP) is 4.77. The molecule has 0 aliphatic carbocycles. The summed E-state index contributed by atoms with van der Waals surface area (Å²) in [5, 5.41) is 0. The van der Waals surface area contributed by atoms with Gasteiger partial charge in [0.25, 0.3) is 7.63 Å². The van der Waals surface area contributed by atoms with Crippen LogP contribution in [0.25, 0.3) is 0 Å². The van der Waals surface area contributed by atoms with E-state index in [0.717, 1.165) is 32.1 Å². The topological polar surface area (TPSA) is 118 Å². The van der Waals surface area contributed by atoms with E-state index in [0.29, 0.717) is 30.5 Å². The molecule has 0 fully saturated rings. The van der Waals surface area contributed by atoms with E-state index in [-0.39, 0.29) is 26.1 Å². The van der Waals surface area contributed by atoms with Crippen LogP contribution in [0.3, 0.4) is 0 Å². The van der Waals surface area contributed by atoms with Crippen molar-refractivity contribution in [3.8, 4) is 0 Å². The van der Waals surface area contributed by atoms with Gasteiger partial charge in [-0.3, -0.25) is 18.6 Å². The average molecular weight is 577 g/mol. The van der Waals surface area contributed by atoms with Crippen LogP contribution >= 0.6 is 18.9 Å². The van der Waals surface area contributed by atoms with Gasteiger partial charge in [-0.25, -0.2) is 4.57 Å². The standard InChI is InChI=1S/C23H47ClNO9PSi/c1-7-8-11-14-22(26)30-19-21(20-32-35(28,29)31-18-16-25(2,3)4)34-23(27)15-12-9-10-13-17-33-36(5,6)24/h21H,7-20H2,1-6H3/p+1. The van der Waals surface area contributed by atoms with Crippen LogP contribution in [-0.2, 0) is 37.1 Å². The SMILES string of the molecule is CCCCCC(=O)OCC(COP(=O)(O)OCC[N+](C)(C)C)OC(=O)CCCCCCO[Si](C)(C)Cl. The van der Waals surface area contributed by atoms with Crippen molar-refractivity contribution in [2.75, 3.05) is 54.1 Å². The number of unbranched alkanes of at least 4 members (excludes halogenated alkanes) is 5. The normalized spacial score (nSPS) is 14.8. The third-order valence-electron chi connectivity index (χ3n) is 4.87. The fraction of sp³-hybridized carbons (Fsp3) is 0.913. The Bertz CT molecular complexity index is 671. The Morgan fingerprint density at radius 1 is 0.917 bits per heavy atom. The van der Waals surface area contributed by atoms with Gasteiger partial charge in [0, 0.05) is 19.4 Å². The number of esters is 2. The first kappa shape index (κ1) is 35.5. The second-order valence-electron chi connectivity index (χ2n) is 10.2. The summed E-state index contributed by atoms with van der Waals surface area (Å²) in [5.74, 6) is -0.906. The molecular weight excluding hydrogens is 529 g/mol. The number of nitrogens with zero attached hydrogens (tertiary/aromatic N) is 1. The molecular formula is C23H48ClNO9PSi+. The minimum Gasteiger partial charge on any atom is -0.462 e. The number of hydrogen-bond acceptors (Lipinski definition) is 8. The lowest BCUT2D eigenvalue weighted by Crippen LogP contribution is -2.37. The van der Waals surface area contributed by atoms with E-state index >= 15 is 0 Å². The highest BCUT2D eigenvalue weighted by Gasteiger charge is 2.27. The molecule has 36 heavy (non-hydrogen) atoms. The van der Waals surface area contributed by atoms with Gasteiger partial charge in [-0.1, -0.05) is 32.6 Å². The highest BCUT2D eigenvalue weighted by molar-refractivity contribution is 7.47. The van der Waals surface area contributed by atoms with Crippen molar-refractivity contribution in [2.24, 2.45) is 0 Å². The lowest BCUT2D eigenvalue weighted by atomic mass is 10.1. The first-order valence-electron chi connectivity index (χ1n) is 12.7. The number of quaternary nitrogens is 1. The molecule has 0 heterocycles. The van der Waals surface area contributed by atoms with Crippen LogP contribution in [-0.4, -0.2) is 89.2 Å². The Morgan fingerprint density at radius 3 is 2.14 bits per heavy atom. The monoisotopic (exact) mass is 576 g/mol. The van der Waals surface area contributed by atoms with E-state index in [2.05, 4.69) is 0 Å². The van der Waals surface area contributed by atoms with Crippen LogP contribution in [0.15, 0.2) is 0 Å². The zero-order valence-corrected chi connectivity index (χ0v) is 25.6. The third-order valence-corrected chi connectivity index (χ3v) is 7.08. The summed E-state index contributed by atoms with van der Waals surface area (Å²) in [4.78, 5) is 34.2. The summed E-state index contributed by atoms with van der Waals surface area (Å²) >= 11 is 6.11. The fourth-order valence-corrected chi connectivity index (χ4v) is 4.43. The van der Waals surface area contributed by atoms with Crippen molar-refractivity contribution in [3.63, 3.8) is 0 Å². The molecule has 10 nitrogen and oxygen atoms in total. The van der Waals surface area contributed by atoms with Crippen molar-refractivity contribution >= 4 is 38.5 Å². The van der Waals surface area contributed by atoms with Gasteiger partial charge in [0.2, 0.25) is 0 Å². The van der Waals surface area contributed by atoms with Crippen LogP contribution in [0, 0.1) is 0 Å². The molecule has 0 amide bonds. The third kappa shape index (κ3) is 23.9. The van der Waals surface area contributed by atoms with Crippen molar-refractivity contribution in [1.29, 1.82) is 0 Å².